The monoisotopic (exact) mass is 311 g/mol. The summed E-state index contributed by atoms with van der Waals surface area (Å²) in [4.78, 5) is 10.7. The van der Waals surface area contributed by atoms with Crippen LogP contribution in [0.1, 0.15) is 12.2 Å². The number of benzene rings is 1. The zero-order valence-corrected chi connectivity index (χ0v) is 11.0. The fourth-order valence-corrected chi connectivity index (χ4v) is 1.93. The van der Waals surface area contributed by atoms with Gasteiger partial charge in [0.25, 0.3) is 0 Å². The summed E-state index contributed by atoms with van der Waals surface area (Å²) in [6, 6.07) is 8.16. The standard InChI is InChI=1S/C13H11BrFNO2/c14-8-1-4-10(11(15)7-8)12-5-2-9(18-12)3-6-13(16)17/h1-2,4-5,7H,3,6H2,(H2,16,17). The zero-order chi connectivity index (χ0) is 13.1. The van der Waals surface area contributed by atoms with Gasteiger partial charge in [-0.3, -0.25) is 4.79 Å². The molecule has 0 fully saturated rings. The van der Waals surface area contributed by atoms with Gasteiger partial charge in [-0.1, -0.05) is 15.9 Å². The summed E-state index contributed by atoms with van der Waals surface area (Å²) in [5, 5.41) is 0. The Bertz CT molecular complexity index is 580. The molecule has 0 bridgehead atoms. The van der Waals surface area contributed by atoms with Crippen molar-refractivity contribution >= 4 is 21.8 Å². The first-order chi connectivity index (χ1) is 8.56. The quantitative estimate of drug-likeness (QED) is 0.942. The van der Waals surface area contributed by atoms with Crippen molar-refractivity contribution in [3.8, 4) is 11.3 Å². The van der Waals surface area contributed by atoms with E-state index < -0.39 is 0 Å². The molecule has 0 atom stereocenters. The average molecular weight is 312 g/mol. The number of furan rings is 1. The van der Waals surface area contributed by atoms with Crippen molar-refractivity contribution < 1.29 is 13.6 Å². The molecule has 0 spiro atoms. The Morgan fingerprint density at radius 3 is 2.78 bits per heavy atom. The number of halogens is 2. The molecule has 1 amide bonds. The molecule has 0 saturated carbocycles. The molecule has 0 unspecified atom stereocenters. The number of hydrogen-bond donors (Lipinski definition) is 1. The van der Waals surface area contributed by atoms with Crippen LogP contribution in [-0.4, -0.2) is 5.91 Å². The van der Waals surface area contributed by atoms with Gasteiger partial charge in [0.05, 0.1) is 5.56 Å². The summed E-state index contributed by atoms with van der Waals surface area (Å²) >= 11 is 3.19. The van der Waals surface area contributed by atoms with E-state index in [9.17, 15) is 9.18 Å². The van der Waals surface area contributed by atoms with Crippen molar-refractivity contribution in [2.45, 2.75) is 12.8 Å². The fourth-order valence-electron chi connectivity index (χ4n) is 1.59. The Morgan fingerprint density at radius 2 is 2.11 bits per heavy atom. The summed E-state index contributed by atoms with van der Waals surface area (Å²) in [6.07, 6.45) is 0.642. The second-order valence-electron chi connectivity index (χ2n) is 3.86. The largest absolute Gasteiger partial charge is 0.461 e. The number of aryl methyl sites for hydroxylation is 1. The normalized spacial score (nSPS) is 10.6. The van der Waals surface area contributed by atoms with Gasteiger partial charge >= 0.3 is 0 Å². The highest BCUT2D eigenvalue weighted by atomic mass is 79.9. The van der Waals surface area contributed by atoms with Gasteiger partial charge in [0.15, 0.2) is 0 Å². The zero-order valence-electron chi connectivity index (χ0n) is 9.45. The van der Waals surface area contributed by atoms with Gasteiger partial charge in [-0.05, 0) is 30.3 Å². The SMILES string of the molecule is NC(=O)CCc1ccc(-c2ccc(Br)cc2F)o1. The van der Waals surface area contributed by atoms with Crippen LogP contribution < -0.4 is 5.73 Å². The summed E-state index contributed by atoms with van der Waals surface area (Å²) in [7, 11) is 0. The van der Waals surface area contributed by atoms with Crippen LogP contribution in [0.4, 0.5) is 4.39 Å². The van der Waals surface area contributed by atoms with E-state index in [0.29, 0.717) is 28.0 Å². The van der Waals surface area contributed by atoms with Crippen LogP contribution in [0, 0.1) is 5.82 Å². The van der Waals surface area contributed by atoms with Gasteiger partial charge in [0.2, 0.25) is 5.91 Å². The lowest BCUT2D eigenvalue weighted by Gasteiger charge is -2.00. The number of amides is 1. The van der Waals surface area contributed by atoms with Gasteiger partial charge in [-0.25, -0.2) is 4.39 Å². The Kier molecular flexibility index (Phi) is 3.81. The first kappa shape index (κ1) is 12.8. The predicted octanol–water partition coefficient (Wildman–Crippen LogP) is 3.27. The van der Waals surface area contributed by atoms with E-state index in [4.69, 9.17) is 10.2 Å². The number of rotatable bonds is 4. The van der Waals surface area contributed by atoms with E-state index in [0.717, 1.165) is 0 Å². The number of carbonyl (C=O) groups excluding carboxylic acids is 1. The van der Waals surface area contributed by atoms with Gasteiger partial charge in [-0.2, -0.15) is 0 Å². The molecule has 3 nitrogen and oxygen atoms in total. The molecule has 0 aliphatic carbocycles. The van der Waals surface area contributed by atoms with Crippen LogP contribution in [0.5, 0.6) is 0 Å². The van der Waals surface area contributed by atoms with Gasteiger partial charge in [0, 0.05) is 17.3 Å². The van der Waals surface area contributed by atoms with Crippen LogP contribution in [-0.2, 0) is 11.2 Å². The Balaban J connectivity index is 2.21. The van der Waals surface area contributed by atoms with Crippen molar-refractivity contribution in [3.63, 3.8) is 0 Å². The maximum atomic E-state index is 13.7. The van der Waals surface area contributed by atoms with Crippen LogP contribution in [0.25, 0.3) is 11.3 Å². The fraction of sp³-hybridized carbons (Fsp3) is 0.154. The molecule has 0 saturated heterocycles. The molecule has 94 valence electrons. The third-order valence-electron chi connectivity index (χ3n) is 2.48. The molecule has 0 aliphatic rings. The van der Waals surface area contributed by atoms with Crippen molar-refractivity contribution in [1.82, 2.24) is 0 Å². The first-order valence-electron chi connectivity index (χ1n) is 5.38. The topological polar surface area (TPSA) is 56.2 Å². The third-order valence-corrected chi connectivity index (χ3v) is 2.97. The second kappa shape index (κ2) is 5.35. The van der Waals surface area contributed by atoms with Gasteiger partial charge < -0.3 is 10.2 Å². The maximum absolute atomic E-state index is 13.7. The highest BCUT2D eigenvalue weighted by Crippen LogP contribution is 2.27. The summed E-state index contributed by atoms with van der Waals surface area (Å²) in [5.41, 5.74) is 5.45. The van der Waals surface area contributed by atoms with Crippen molar-refractivity contribution in [3.05, 3.63) is 46.4 Å². The van der Waals surface area contributed by atoms with Gasteiger partial charge in [-0.15, -0.1) is 0 Å². The number of hydrogen-bond acceptors (Lipinski definition) is 2. The smallest absolute Gasteiger partial charge is 0.217 e. The molecule has 18 heavy (non-hydrogen) atoms. The number of primary amides is 1. The van der Waals surface area contributed by atoms with Crippen LogP contribution in [0.2, 0.25) is 0 Å². The van der Waals surface area contributed by atoms with E-state index >= 15 is 0 Å². The predicted molar refractivity (Wildman–Crippen MR) is 69.3 cm³/mol. The molecular weight excluding hydrogens is 301 g/mol. The minimum atomic E-state index is -0.386. The lowest BCUT2D eigenvalue weighted by molar-refractivity contribution is -0.118. The van der Waals surface area contributed by atoms with Gasteiger partial charge in [0.1, 0.15) is 17.3 Å². The summed E-state index contributed by atoms with van der Waals surface area (Å²) < 4.78 is 19.8. The van der Waals surface area contributed by atoms with Crippen molar-refractivity contribution in [1.29, 1.82) is 0 Å². The average Bonchev–Trinajstić information content (AvgIpc) is 2.75. The Labute approximate surface area is 112 Å². The lowest BCUT2D eigenvalue weighted by Crippen LogP contribution is -2.10. The molecule has 2 aromatic rings. The lowest BCUT2D eigenvalue weighted by atomic mass is 10.1. The summed E-state index contributed by atoms with van der Waals surface area (Å²) in [5.74, 6) is 0.313. The molecule has 1 aromatic carbocycles. The minimum absolute atomic E-state index is 0.218. The molecule has 1 heterocycles. The minimum Gasteiger partial charge on any atom is -0.461 e. The molecular formula is C13H11BrFNO2. The van der Waals surface area contributed by atoms with E-state index in [2.05, 4.69) is 15.9 Å². The third kappa shape index (κ3) is 2.98. The Morgan fingerprint density at radius 1 is 1.33 bits per heavy atom. The van der Waals surface area contributed by atoms with E-state index in [-0.39, 0.29) is 18.1 Å². The highest BCUT2D eigenvalue weighted by molar-refractivity contribution is 9.10. The molecule has 2 N–H and O–H groups in total. The molecule has 2 rings (SSSR count). The molecule has 0 radical (unpaired) electrons. The molecule has 0 aliphatic heterocycles. The first-order valence-corrected chi connectivity index (χ1v) is 6.18. The van der Waals surface area contributed by atoms with Crippen LogP contribution in [0.15, 0.2) is 39.2 Å². The van der Waals surface area contributed by atoms with Crippen LogP contribution in [0.3, 0.4) is 0 Å². The summed E-state index contributed by atoms with van der Waals surface area (Å²) in [6.45, 7) is 0. The number of nitrogens with two attached hydrogens (primary N) is 1. The molecule has 1 aromatic heterocycles. The highest BCUT2D eigenvalue weighted by Gasteiger charge is 2.10. The van der Waals surface area contributed by atoms with E-state index in [1.165, 1.54) is 6.07 Å². The van der Waals surface area contributed by atoms with Crippen molar-refractivity contribution in [2.24, 2.45) is 5.73 Å². The van der Waals surface area contributed by atoms with E-state index in [1.54, 1.807) is 24.3 Å². The number of carbonyl (C=O) groups is 1. The van der Waals surface area contributed by atoms with Crippen molar-refractivity contribution in [2.75, 3.05) is 0 Å². The maximum Gasteiger partial charge on any atom is 0.217 e. The van der Waals surface area contributed by atoms with E-state index in [1.807, 2.05) is 0 Å². The second-order valence-corrected chi connectivity index (χ2v) is 4.77. The van der Waals surface area contributed by atoms with Crippen LogP contribution >= 0.6 is 15.9 Å². The Hall–Kier alpha value is -1.62. The molecule has 5 heteroatoms.